The summed E-state index contributed by atoms with van der Waals surface area (Å²) >= 11 is 0. The third-order valence-electron chi connectivity index (χ3n) is 6.11. The van der Waals surface area contributed by atoms with Crippen molar-refractivity contribution >= 4 is 18.1 Å². The van der Waals surface area contributed by atoms with Crippen molar-refractivity contribution in [2.75, 3.05) is 26.2 Å². The number of piperazine rings is 1. The summed E-state index contributed by atoms with van der Waals surface area (Å²) in [6.45, 7) is 7.28. The molecule has 8 heteroatoms. The van der Waals surface area contributed by atoms with Crippen LogP contribution in [0.15, 0.2) is 30.3 Å². The second-order valence-electron chi connectivity index (χ2n) is 9.87. The van der Waals surface area contributed by atoms with E-state index in [0.29, 0.717) is 26.2 Å². The van der Waals surface area contributed by atoms with E-state index in [1.165, 1.54) is 0 Å². The van der Waals surface area contributed by atoms with E-state index in [-0.39, 0.29) is 24.5 Å². The van der Waals surface area contributed by atoms with Gasteiger partial charge in [-0.15, -0.1) is 0 Å². The highest BCUT2D eigenvalue weighted by Crippen LogP contribution is 2.28. The predicted molar refractivity (Wildman–Crippen MR) is 125 cm³/mol. The number of carbonyl (C=O) groups is 3. The van der Waals surface area contributed by atoms with Gasteiger partial charge in [0.1, 0.15) is 18.2 Å². The number of ether oxygens (including phenoxy) is 2. The summed E-state index contributed by atoms with van der Waals surface area (Å²) in [5, 5.41) is 2.86. The van der Waals surface area contributed by atoms with E-state index < -0.39 is 17.7 Å². The van der Waals surface area contributed by atoms with Gasteiger partial charge in [0.2, 0.25) is 5.91 Å². The van der Waals surface area contributed by atoms with Crippen molar-refractivity contribution in [3.63, 3.8) is 0 Å². The van der Waals surface area contributed by atoms with Gasteiger partial charge in [-0.05, 0) is 45.1 Å². The van der Waals surface area contributed by atoms with Gasteiger partial charge >= 0.3 is 12.2 Å². The number of amides is 3. The van der Waals surface area contributed by atoms with Crippen LogP contribution in [0.1, 0.15) is 58.4 Å². The van der Waals surface area contributed by atoms with E-state index in [9.17, 15) is 14.4 Å². The summed E-state index contributed by atoms with van der Waals surface area (Å²) in [6.07, 6.45) is 4.18. The molecular weight excluding hydrogens is 422 g/mol. The zero-order valence-corrected chi connectivity index (χ0v) is 20.0. The fourth-order valence-electron chi connectivity index (χ4n) is 4.40. The average molecular weight is 460 g/mol. The molecule has 0 radical (unpaired) electrons. The van der Waals surface area contributed by atoms with Gasteiger partial charge in [0.25, 0.3) is 0 Å². The summed E-state index contributed by atoms with van der Waals surface area (Å²) in [7, 11) is 0. The normalized spacial score (nSPS) is 18.4. The average Bonchev–Trinajstić information content (AvgIpc) is 2.81. The van der Waals surface area contributed by atoms with Crippen LogP contribution >= 0.6 is 0 Å². The first-order valence-corrected chi connectivity index (χ1v) is 12.0. The van der Waals surface area contributed by atoms with E-state index >= 15 is 0 Å². The Kier molecular flexibility index (Phi) is 8.58. The van der Waals surface area contributed by atoms with Gasteiger partial charge in [0.05, 0.1) is 0 Å². The Morgan fingerprint density at radius 1 is 0.970 bits per heavy atom. The van der Waals surface area contributed by atoms with Crippen LogP contribution < -0.4 is 5.32 Å². The Morgan fingerprint density at radius 3 is 2.18 bits per heavy atom. The van der Waals surface area contributed by atoms with Crippen molar-refractivity contribution in [3.8, 4) is 0 Å². The topological polar surface area (TPSA) is 88.2 Å². The number of benzene rings is 1. The summed E-state index contributed by atoms with van der Waals surface area (Å²) in [4.78, 5) is 41.7. The van der Waals surface area contributed by atoms with Crippen molar-refractivity contribution in [1.29, 1.82) is 0 Å². The first kappa shape index (κ1) is 24.9. The molecular formula is C25H37N3O5. The Hall–Kier alpha value is -2.77. The predicted octanol–water partition coefficient (Wildman–Crippen LogP) is 3.94. The van der Waals surface area contributed by atoms with Gasteiger partial charge in [-0.25, -0.2) is 9.59 Å². The van der Waals surface area contributed by atoms with Crippen molar-refractivity contribution in [2.45, 2.75) is 71.1 Å². The molecule has 0 unspecified atom stereocenters. The SMILES string of the molecule is CC(C)(C)OC(=O)N[C@H](C(=O)N1CCN(C(=O)OCc2ccccc2)CC1)C1CCCCC1. The maximum atomic E-state index is 13.4. The van der Waals surface area contributed by atoms with Crippen molar-refractivity contribution < 1.29 is 23.9 Å². The first-order valence-electron chi connectivity index (χ1n) is 12.0. The highest BCUT2D eigenvalue weighted by Gasteiger charge is 2.36. The van der Waals surface area contributed by atoms with Crippen LogP contribution in [-0.4, -0.2) is 65.7 Å². The molecule has 0 spiro atoms. The van der Waals surface area contributed by atoms with E-state index in [1.54, 1.807) is 30.6 Å². The molecule has 3 rings (SSSR count). The van der Waals surface area contributed by atoms with Crippen LogP contribution in [0.3, 0.4) is 0 Å². The van der Waals surface area contributed by atoms with E-state index in [4.69, 9.17) is 9.47 Å². The van der Waals surface area contributed by atoms with E-state index in [1.807, 2.05) is 30.3 Å². The van der Waals surface area contributed by atoms with Crippen molar-refractivity contribution in [3.05, 3.63) is 35.9 Å². The minimum absolute atomic E-state index is 0.0925. The quantitative estimate of drug-likeness (QED) is 0.721. The third-order valence-corrected chi connectivity index (χ3v) is 6.11. The molecule has 2 aliphatic rings. The second-order valence-corrected chi connectivity index (χ2v) is 9.87. The fourth-order valence-corrected chi connectivity index (χ4v) is 4.40. The molecule has 1 aliphatic heterocycles. The molecule has 1 N–H and O–H groups in total. The molecule has 1 heterocycles. The molecule has 3 amide bonds. The molecule has 1 atom stereocenters. The van der Waals surface area contributed by atoms with Crippen LogP contribution in [-0.2, 0) is 20.9 Å². The lowest BCUT2D eigenvalue weighted by Crippen LogP contribution is -2.58. The standard InChI is InChI=1S/C25H37N3O5/c1-25(2,3)33-23(30)26-21(20-12-8-5-9-13-20)22(29)27-14-16-28(17-15-27)24(31)32-18-19-10-6-4-7-11-19/h4,6-7,10-11,20-21H,5,8-9,12-18H2,1-3H3,(H,26,30)/t21-/m0/s1. The molecule has 2 fully saturated rings. The Morgan fingerprint density at radius 2 is 1.58 bits per heavy atom. The summed E-state index contributed by atoms with van der Waals surface area (Å²) in [6, 6.07) is 8.94. The Bertz CT molecular complexity index is 794. The van der Waals surface area contributed by atoms with Crippen LogP contribution in [0.2, 0.25) is 0 Å². The lowest BCUT2D eigenvalue weighted by atomic mass is 9.83. The lowest BCUT2D eigenvalue weighted by Gasteiger charge is -2.38. The molecule has 1 saturated carbocycles. The number of alkyl carbamates (subject to hydrolysis) is 1. The number of rotatable bonds is 5. The number of nitrogens with zero attached hydrogens (tertiary/aromatic N) is 2. The Balaban J connectivity index is 1.54. The van der Waals surface area contributed by atoms with Gasteiger partial charge in [-0.3, -0.25) is 4.79 Å². The molecule has 1 aromatic rings. The Labute approximate surface area is 196 Å². The molecule has 1 aromatic carbocycles. The smallest absolute Gasteiger partial charge is 0.410 e. The van der Waals surface area contributed by atoms with Gasteiger partial charge in [-0.2, -0.15) is 0 Å². The first-order chi connectivity index (χ1) is 15.7. The lowest BCUT2D eigenvalue weighted by molar-refractivity contribution is -0.136. The number of hydrogen-bond acceptors (Lipinski definition) is 5. The number of carbonyl (C=O) groups excluding carboxylic acids is 3. The van der Waals surface area contributed by atoms with Crippen LogP contribution in [0.4, 0.5) is 9.59 Å². The van der Waals surface area contributed by atoms with Gasteiger partial charge in [0, 0.05) is 26.2 Å². The van der Waals surface area contributed by atoms with Gasteiger partial charge in [0.15, 0.2) is 0 Å². The molecule has 0 aromatic heterocycles. The summed E-state index contributed by atoms with van der Waals surface area (Å²) in [5.41, 5.74) is 0.305. The number of hydrogen-bond donors (Lipinski definition) is 1. The minimum Gasteiger partial charge on any atom is -0.445 e. The van der Waals surface area contributed by atoms with E-state index in [0.717, 1.165) is 37.7 Å². The maximum Gasteiger partial charge on any atom is 0.410 e. The van der Waals surface area contributed by atoms with Gasteiger partial charge in [-0.1, -0.05) is 49.6 Å². The second kappa shape index (κ2) is 11.4. The minimum atomic E-state index is -0.629. The highest BCUT2D eigenvalue weighted by atomic mass is 16.6. The number of nitrogens with one attached hydrogen (secondary N) is 1. The zero-order chi connectivity index (χ0) is 23.8. The van der Waals surface area contributed by atoms with Crippen LogP contribution in [0.5, 0.6) is 0 Å². The maximum absolute atomic E-state index is 13.4. The van der Waals surface area contributed by atoms with E-state index in [2.05, 4.69) is 5.32 Å². The van der Waals surface area contributed by atoms with Crippen molar-refractivity contribution in [2.24, 2.45) is 5.92 Å². The molecule has 1 aliphatic carbocycles. The largest absolute Gasteiger partial charge is 0.445 e. The molecule has 1 saturated heterocycles. The molecule has 182 valence electrons. The third kappa shape index (κ3) is 7.65. The monoisotopic (exact) mass is 459 g/mol. The van der Waals surface area contributed by atoms with Crippen LogP contribution in [0.25, 0.3) is 0 Å². The highest BCUT2D eigenvalue weighted by molar-refractivity contribution is 5.86. The molecule has 33 heavy (non-hydrogen) atoms. The fraction of sp³-hybridized carbons (Fsp3) is 0.640. The van der Waals surface area contributed by atoms with Crippen LogP contribution in [0, 0.1) is 5.92 Å². The zero-order valence-electron chi connectivity index (χ0n) is 20.0. The van der Waals surface area contributed by atoms with Gasteiger partial charge < -0.3 is 24.6 Å². The molecule has 8 nitrogen and oxygen atoms in total. The summed E-state index contributed by atoms with van der Waals surface area (Å²) in [5.74, 6) is 0.0118. The summed E-state index contributed by atoms with van der Waals surface area (Å²) < 4.78 is 10.8. The van der Waals surface area contributed by atoms with Crippen molar-refractivity contribution in [1.82, 2.24) is 15.1 Å². The molecule has 0 bridgehead atoms.